The third-order valence-electron chi connectivity index (χ3n) is 2.79. The molecule has 0 aliphatic rings. The second kappa shape index (κ2) is 5.65. The Morgan fingerprint density at radius 2 is 2.11 bits per heavy atom. The van der Waals surface area contributed by atoms with E-state index in [9.17, 15) is 4.39 Å². The fourth-order valence-corrected chi connectivity index (χ4v) is 1.81. The van der Waals surface area contributed by atoms with E-state index in [-0.39, 0.29) is 5.75 Å². The van der Waals surface area contributed by atoms with Gasteiger partial charge in [0.1, 0.15) is 12.1 Å². The molecule has 0 saturated carbocycles. The minimum Gasteiger partial charge on any atom is -0.435 e. The van der Waals surface area contributed by atoms with Crippen LogP contribution >= 0.6 is 0 Å². The van der Waals surface area contributed by atoms with E-state index in [1.54, 1.807) is 19.2 Å². The molecule has 1 aromatic carbocycles. The Morgan fingerprint density at radius 3 is 2.79 bits per heavy atom. The van der Waals surface area contributed by atoms with Crippen molar-refractivity contribution in [2.24, 2.45) is 0 Å². The molecule has 1 aromatic heterocycles. The van der Waals surface area contributed by atoms with Gasteiger partial charge in [-0.3, -0.25) is 0 Å². The van der Waals surface area contributed by atoms with Crippen LogP contribution in [0.2, 0.25) is 0 Å². The molecular formula is C14H16FN3O. The van der Waals surface area contributed by atoms with Crippen molar-refractivity contribution >= 4 is 5.82 Å². The molecule has 0 atom stereocenters. The Bertz CT molecular complexity index is 587. The predicted molar refractivity (Wildman–Crippen MR) is 72.2 cm³/mol. The zero-order chi connectivity index (χ0) is 13.8. The largest absolute Gasteiger partial charge is 0.435 e. The number of aryl methyl sites for hydroxylation is 1. The number of hydrogen-bond donors (Lipinski definition) is 1. The number of rotatable bonds is 4. The summed E-state index contributed by atoms with van der Waals surface area (Å²) in [5, 5.41) is 2.97. The van der Waals surface area contributed by atoms with Crippen molar-refractivity contribution in [1.82, 2.24) is 9.97 Å². The smallest absolute Gasteiger partial charge is 0.227 e. The third-order valence-corrected chi connectivity index (χ3v) is 2.79. The Labute approximate surface area is 111 Å². The van der Waals surface area contributed by atoms with E-state index in [2.05, 4.69) is 15.3 Å². The van der Waals surface area contributed by atoms with Gasteiger partial charge in [0.2, 0.25) is 5.88 Å². The van der Waals surface area contributed by atoms with Gasteiger partial charge in [-0.25, -0.2) is 14.4 Å². The van der Waals surface area contributed by atoms with Crippen LogP contribution in [0.15, 0.2) is 24.5 Å². The van der Waals surface area contributed by atoms with Crippen LogP contribution in [-0.4, -0.2) is 17.0 Å². The molecule has 0 unspecified atom stereocenters. The number of aromatic nitrogens is 2. The van der Waals surface area contributed by atoms with Gasteiger partial charge >= 0.3 is 0 Å². The van der Waals surface area contributed by atoms with Crippen LogP contribution in [0.4, 0.5) is 10.2 Å². The monoisotopic (exact) mass is 261 g/mol. The van der Waals surface area contributed by atoms with Gasteiger partial charge in [-0.2, -0.15) is 0 Å². The minimum absolute atomic E-state index is 0.176. The second-order valence-electron chi connectivity index (χ2n) is 4.15. The van der Waals surface area contributed by atoms with E-state index in [0.29, 0.717) is 18.1 Å². The minimum atomic E-state index is -0.405. The van der Waals surface area contributed by atoms with E-state index >= 15 is 0 Å². The molecule has 0 aliphatic heterocycles. The first kappa shape index (κ1) is 13.3. The summed E-state index contributed by atoms with van der Waals surface area (Å²) in [7, 11) is 1.78. The van der Waals surface area contributed by atoms with E-state index in [1.165, 1.54) is 12.4 Å². The Hall–Kier alpha value is -2.17. The standard InChI is InChI=1S/C14H16FN3O/c1-4-10-13(16-3)17-8-18-14(10)19-12-7-9(2)5-6-11(12)15/h5-8H,4H2,1-3H3,(H,16,17,18). The average molecular weight is 261 g/mol. The van der Waals surface area contributed by atoms with Gasteiger partial charge in [0, 0.05) is 7.05 Å². The molecule has 0 spiro atoms. The number of ether oxygens (including phenoxy) is 1. The number of nitrogens with zero attached hydrogens (tertiary/aromatic N) is 2. The van der Waals surface area contributed by atoms with Crippen molar-refractivity contribution in [3.05, 3.63) is 41.5 Å². The summed E-state index contributed by atoms with van der Waals surface area (Å²) in [6.07, 6.45) is 2.09. The molecule has 100 valence electrons. The Kier molecular flexibility index (Phi) is 3.94. The number of anilines is 1. The molecule has 0 fully saturated rings. The van der Waals surface area contributed by atoms with Gasteiger partial charge in [-0.05, 0) is 31.0 Å². The van der Waals surface area contributed by atoms with Gasteiger partial charge in [0.25, 0.3) is 0 Å². The topological polar surface area (TPSA) is 47.0 Å². The maximum Gasteiger partial charge on any atom is 0.227 e. The van der Waals surface area contributed by atoms with Gasteiger partial charge < -0.3 is 10.1 Å². The molecule has 0 saturated heterocycles. The molecule has 5 heteroatoms. The lowest BCUT2D eigenvalue weighted by atomic mass is 10.2. The molecule has 0 radical (unpaired) electrons. The summed E-state index contributed by atoms with van der Waals surface area (Å²) in [6, 6.07) is 4.73. The van der Waals surface area contributed by atoms with Gasteiger partial charge in [0.15, 0.2) is 11.6 Å². The lowest BCUT2D eigenvalue weighted by Gasteiger charge is -2.12. The summed E-state index contributed by atoms with van der Waals surface area (Å²) in [5.41, 5.74) is 1.75. The quantitative estimate of drug-likeness (QED) is 0.917. The first-order chi connectivity index (χ1) is 9.15. The summed E-state index contributed by atoms with van der Waals surface area (Å²) in [4.78, 5) is 8.20. The third kappa shape index (κ3) is 2.81. The zero-order valence-corrected chi connectivity index (χ0v) is 11.2. The fourth-order valence-electron chi connectivity index (χ4n) is 1.81. The van der Waals surface area contributed by atoms with Crippen molar-refractivity contribution in [2.45, 2.75) is 20.3 Å². The van der Waals surface area contributed by atoms with E-state index in [0.717, 1.165) is 11.1 Å². The van der Waals surface area contributed by atoms with Crippen LogP contribution in [0.1, 0.15) is 18.1 Å². The van der Waals surface area contributed by atoms with Crippen molar-refractivity contribution in [2.75, 3.05) is 12.4 Å². The van der Waals surface area contributed by atoms with E-state index in [4.69, 9.17) is 4.74 Å². The highest BCUT2D eigenvalue weighted by Gasteiger charge is 2.13. The summed E-state index contributed by atoms with van der Waals surface area (Å²) in [6.45, 7) is 3.85. The van der Waals surface area contributed by atoms with Crippen LogP contribution in [0, 0.1) is 12.7 Å². The highest BCUT2D eigenvalue weighted by molar-refractivity contribution is 5.49. The van der Waals surface area contributed by atoms with Crippen molar-refractivity contribution in [3.63, 3.8) is 0 Å². The molecule has 19 heavy (non-hydrogen) atoms. The van der Waals surface area contributed by atoms with Crippen LogP contribution in [-0.2, 0) is 6.42 Å². The van der Waals surface area contributed by atoms with Crippen LogP contribution < -0.4 is 10.1 Å². The van der Waals surface area contributed by atoms with Gasteiger partial charge in [-0.1, -0.05) is 13.0 Å². The molecule has 0 amide bonds. The molecule has 4 nitrogen and oxygen atoms in total. The molecule has 0 bridgehead atoms. The van der Waals surface area contributed by atoms with Crippen LogP contribution in [0.25, 0.3) is 0 Å². The van der Waals surface area contributed by atoms with Crippen LogP contribution in [0.3, 0.4) is 0 Å². The normalized spacial score (nSPS) is 10.3. The van der Waals surface area contributed by atoms with Gasteiger partial charge in [-0.15, -0.1) is 0 Å². The zero-order valence-electron chi connectivity index (χ0n) is 11.2. The SMILES string of the molecule is CCc1c(NC)ncnc1Oc1cc(C)ccc1F. The summed E-state index contributed by atoms with van der Waals surface area (Å²) in [5.74, 6) is 0.847. The maximum atomic E-state index is 13.7. The molecule has 1 heterocycles. The number of hydrogen-bond acceptors (Lipinski definition) is 4. The molecule has 2 rings (SSSR count). The van der Waals surface area contributed by atoms with Crippen molar-refractivity contribution in [1.29, 1.82) is 0 Å². The highest BCUT2D eigenvalue weighted by Crippen LogP contribution is 2.29. The average Bonchev–Trinajstić information content (AvgIpc) is 2.42. The lowest BCUT2D eigenvalue weighted by Crippen LogP contribution is -2.03. The molecule has 0 aliphatic carbocycles. The Balaban J connectivity index is 2.40. The van der Waals surface area contributed by atoms with Crippen molar-refractivity contribution in [3.8, 4) is 11.6 Å². The highest BCUT2D eigenvalue weighted by atomic mass is 19.1. The number of halogens is 1. The van der Waals surface area contributed by atoms with E-state index in [1.807, 2.05) is 13.8 Å². The molecular weight excluding hydrogens is 245 g/mol. The summed E-state index contributed by atoms with van der Waals surface area (Å²) < 4.78 is 19.3. The lowest BCUT2D eigenvalue weighted by molar-refractivity contribution is 0.421. The summed E-state index contributed by atoms with van der Waals surface area (Å²) >= 11 is 0. The molecule has 2 aromatic rings. The fraction of sp³-hybridized carbons (Fsp3) is 0.286. The Morgan fingerprint density at radius 1 is 1.32 bits per heavy atom. The second-order valence-corrected chi connectivity index (χ2v) is 4.15. The molecule has 1 N–H and O–H groups in total. The van der Waals surface area contributed by atoms with Crippen LogP contribution in [0.5, 0.6) is 11.6 Å². The van der Waals surface area contributed by atoms with Crippen molar-refractivity contribution < 1.29 is 9.13 Å². The van der Waals surface area contributed by atoms with E-state index < -0.39 is 5.82 Å². The maximum absolute atomic E-state index is 13.7. The predicted octanol–water partition coefficient (Wildman–Crippen LogP) is 3.32. The number of nitrogens with one attached hydrogen (secondary N) is 1. The number of benzene rings is 1. The first-order valence-corrected chi connectivity index (χ1v) is 6.11. The first-order valence-electron chi connectivity index (χ1n) is 6.11. The van der Waals surface area contributed by atoms with Gasteiger partial charge in [0.05, 0.1) is 5.56 Å².